The first-order valence-corrected chi connectivity index (χ1v) is 10.6. The van der Waals surface area contributed by atoms with E-state index in [1.165, 1.54) is 12.1 Å². The highest BCUT2D eigenvalue weighted by Crippen LogP contribution is 2.49. The Morgan fingerprint density at radius 2 is 2.12 bits per heavy atom. The van der Waals surface area contributed by atoms with Gasteiger partial charge in [0.25, 0.3) is 5.69 Å². The number of nitrogens with one attached hydrogen (secondary N) is 3. The van der Waals surface area contributed by atoms with Crippen molar-refractivity contribution >= 4 is 35.0 Å². The number of nitrogens with two attached hydrogens (primary N) is 1. The van der Waals surface area contributed by atoms with E-state index in [1.807, 2.05) is 0 Å². The molecule has 1 aromatic carbocycles. The van der Waals surface area contributed by atoms with Crippen molar-refractivity contribution in [2.24, 2.45) is 23.5 Å². The third-order valence-electron chi connectivity index (χ3n) is 6.24. The van der Waals surface area contributed by atoms with Gasteiger partial charge in [0.1, 0.15) is 0 Å². The number of rotatable bonds is 7. The van der Waals surface area contributed by atoms with Crippen LogP contribution in [0.1, 0.15) is 18.4 Å². The lowest BCUT2D eigenvalue weighted by molar-refractivity contribution is -0.384. The summed E-state index contributed by atoms with van der Waals surface area (Å²) in [5, 5.41) is 19.3. The molecule has 3 amide bonds. The molecule has 174 valence electrons. The molecule has 5 atom stereocenters. The Bertz CT molecular complexity index is 1100. The van der Waals surface area contributed by atoms with Gasteiger partial charge in [0.2, 0.25) is 11.2 Å². The van der Waals surface area contributed by atoms with Crippen LogP contribution in [-0.4, -0.2) is 38.9 Å². The fourth-order valence-corrected chi connectivity index (χ4v) is 5.05. The van der Waals surface area contributed by atoms with Crippen LogP contribution in [0.25, 0.3) is 0 Å². The van der Waals surface area contributed by atoms with Gasteiger partial charge in [-0.3, -0.25) is 14.9 Å². The fraction of sp³-hybridized carbons (Fsp3) is 0.400. The van der Waals surface area contributed by atoms with Gasteiger partial charge < -0.3 is 21.7 Å². The summed E-state index contributed by atoms with van der Waals surface area (Å²) in [5.41, 5.74) is 6.13. The van der Waals surface area contributed by atoms with Crippen molar-refractivity contribution in [3.05, 3.63) is 57.2 Å². The molecule has 0 saturated heterocycles. The topological polar surface area (TPSA) is 165 Å². The smallest absolute Gasteiger partial charge is 0.315 e. The fourth-order valence-electron chi connectivity index (χ4n) is 4.92. The molecule has 2 aromatic rings. The Kier molecular flexibility index (Phi) is 6.27. The molecule has 0 spiro atoms. The lowest BCUT2D eigenvalue weighted by atomic mass is 9.81. The lowest BCUT2D eigenvalue weighted by Gasteiger charge is -2.35. The van der Waals surface area contributed by atoms with Crippen molar-refractivity contribution in [2.75, 3.05) is 5.32 Å². The monoisotopic (exact) mass is 477 g/mol. The number of amides is 3. The minimum Gasteiger partial charge on any atom is -0.369 e. The van der Waals surface area contributed by atoms with Crippen molar-refractivity contribution in [3.63, 3.8) is 0 Å². The SMILES string of the molecule is NC(=O)[C@H]1[C@H]2C[C@@H]([C@H]1Nc1nc(Cl)ncc1F)[C@H](NC(=O)NCc1cccc([N+](=O)[O-])c1)C2. The van der Waals surface area contributed by atoms with Crippen LogP contribution in [0.5, 0.6) is 0 Å². The van der Waals surface area contributed by atoms with Crippen LogP contribution >= 0.6 is 11.6 Å². The number of urea groups is 1. The van der Waals surface area contributed by atoms with Gasteiger partial charge in [-0.15, -0.1) is 0 Å². The summed E-state index contributed by atoms with van der Waals surface area (Å²) in [5.74, 6) is -2.17. The maximum absolute atomic E-state index is 14.2. The third-order valence-corrected chi connectivity index (χ3v) is 6.42. The molecule has 1 aromatic heterocycles. The van der Waals surface area contributed by atoms with Gasteiger partial charge in [-0.2, -0.15) is 4.98 Å². The zero-order valence-corrected chi connectivity index (χ0v) is 18.0. The summed E-state index contributed by atoms with van der Waals surface area (Å²) in [4.78, 5) is 42.4. The van der Waals surface area contributed by atoms with Gasteiger partial charge >= 0.3 is 6.03 Å². The number of fused-ring (bicyclic) bond motifs is 2. The highest BCUT2D eigenvalue weighted by molar-refractivity contribution is 6.28. The van der Waals surface area contributed by atoms with Crippen LogP contribution in [-0.2, 0) is 11.3 Å². The molecule has 0 aliphatic heterocycles. The molecule has 1 heterocycles. The summed E-state index contributed by atoms with van der Waals surface area (Å²) in [6, 6.07) is 4.69. The number of primary amides is 1. The van der Waals surface area contributed by atoms with Crippen LogP contribution in [0, 0.1) is 33.7 Å². The van der Waals surface area contributed by atoms with Gasteiger partial charge in [0.15, 0.2) is 11.6 Å². The van der Waals surface area contributed by atoms with E-state index < -0.39 is 34.6 Å². The Labute approximate surface area is 192 Å². The average molecular weight is 478 g/mol. The molecule has 0 unspecified atom stereocenters. The predicted octanol–water partition coefficient (Wildman–Crippen LogP) is 1.97. The van der Waals surface area contributed by atoms with Crippen LogP contribution in [0.2, 0.25) is 5.28 Å². The number of aromatic nitrogens is 2. The summed E-state index contributed by atoms with van der Waals surface area (Å²) < 4.78 is 14.2. The molecule has 4 rings (SSSR count). The molecule has 2 fully saturated rings. The van der Waals surface area contributed by atoms with Crippen molar-refractivity contribution in [3.8, 4) is 0 Å². The van der Waals surface area contributed by atoms with E-state index in [9.17, 15) is 24.1 Å². The predicted molar refractivity (Wildman–Crippen MR) is 116 cm³/mol. The number of anilines is 1. The standard InChI is InChI=1S/C20H21ClFN7O4/c21-19-24-8-13(22)18(28-19)27-16-12-5-10(15(16)17(23)30)6-14(12)26-20(31)25-7-9-2-1-3-11(4-9)29(32)33/h1-4,8,10,12,14-16H,5-7H2,(H2,23,30)(H,24,27,28)(H2,25,26,31)/t10-,12+,14+,15-,16+/m0/s1. The molecule has 11 nitrogen and oxygen atoms in total. The van der Waals surface area contributed by atoms with E-state index >= 15 is 0 Å². The Morgan fingerprint density at radius 3 is 2.85 bits per heavy atom. The molecule has 2 aliphatic rings. The molecule has 5 N–H and O–H groups in total. The molecule has 2 aliphatic carbocycles. The van der Waals surface area contributed by atoms with Crippen molar-refractivity contribution in [1.82, 2.24) is 20.6 Å². The molecule has 2 bridgehead atoms. The highest BCUT2D eigenvalue weighted by Gasteiger charge is 2.55. The summed E-state index contributed by atoms with van der Waals surface area (Å²) in [7, 11) is 0. The van der Waals surface area contributed by atoms with Crippen molar-refractivity contribution < 1.29 is 18.9 Å². The van der Waals surface area contributed by atoms with Crippen LogP contribution in [0.3, 0.4) is 0 Å². The number of hydrogen-bond acceptors (Lipinski definition) is 7. The van der Waals surface area contributed by atoms with Gasteiger partial charge in [0.05, 0.1) is 17.0 Å². The number of benzene rings is 1. The van der Waals surface area contributed by atoms with Gasteiger partial charge in [-0.1, -0.05) is 12.1 Å². The van der Waals surface area contributed by atoms with Crippen LogP contribution in [0.4, 0.5) is 20.7 Å². The third kappa shape index (κ3) is 4.80. The second kappa shape index (κ2) is 9.14. The Balaban J connectivity index is 1.41. The normalized spacial score (nSPS) is 25.5. The summed E-state index contributed by atoms with van der Waals surface area (Å²) in [6.45, 7) is 0.102. The Hall–Kier alpha value is -3.54. The van der Waals surface area contributed by atoms with E-state index in [-0.39, 0.29) is 41.2 Å². The first-order valence-electron chi connectivity index (χ1n) is 10.2. The summed E-state index contributed by atoms with van der Waals surface area (Å²) >= 11 is 5.77. The number of nitro benzene ring substituents is 1. The van der Waals surface area contributed by atoms with Gasteiger partial charge in [-0.25, -0.2) is 14.2 Å². The van der Waals surface area contributed by atoms with Crippen LogP contribution < -0.4 is 21.7 Å². The first-order chi connectivity index (χ1) is 15.7. The number of halogens is 2. The average Bonchev–Trinajstić information content (AvgIpc) is 3.33. The van der Waals surface area contributed by atoms with E-state index in [1.54, 1.807) is 12.1 Å². The van der Waals surface area contributed by atoms with Gasteiger partial charge in [-0.05, 0) is 35.9 Å². The first kappa shape index (κ1) is 22.6. The molecule has 2 saturated carbocycles. The number of nitrogens with zero attached hydrogens (tertiary/aromatic N) is 3. The van der Waals surface area contributed by atoms with E-state index in [2.05, 4.69) is 25.9 Å². The summed E-state index contributed by atoms with van der Waals surface area (Å²) in [6.07, 6.45) is 2.11. The maximum atomic E-state index is 14.2. The quantitative estimate of drug-likeness (QED) is 0.269. The zero-order valence-electron chi connectivity index (χ0n) is 17.2. The van der Waals surface area contributed by atoms with E-state index in [0.717, 1.165) is 6.20 Å². The van der Waals surface area contributed by atoms with E-state index in [4.69, 9.17) is 17.3 Å². The highest BCUT2D eigenvalue weighted by atomic mass is 35.5. The van der Waals surface area contributed by atoms with E-state index in [0.29, 0.717) is 18.4 Å². The molecular weight excluding hydrogens is 457 g/mol. The Morgan fingerprint density at radius 1 is 1.33 bits per heavy atom. The van der Waals surface area contributed by atoms with Crippen molar-refractivity contribution in [1.29, 1.82) is 0 Å². The second-order valence-corrected chi connectivity index (χ2v) is 8.53. The van der Waals surface area contributed by atoms with Crippen molar-refractivity contribution in [2.45, 2.75) is 31.5 Å². The second-order valence-electron chi connectivity index (χ2n) is 8.19. The minimum atomic E-state index is -0.718. The number of non-ortho nitro benzene ring substituents is 1. The van der Waals surface area contributed by atoms with Crippen LogP contribution in [0.15, 0.2) is 30.5 Å². The number of hydrogen-bond donors (Lipinski definition) is 4. The molecular formula is C20H21ClFN7O4. The molecule has 0 radical (unpaired) electrons. The lowest BCUT2D eigenvalue weighted by Crippen LogP contribution is -2.53. The largest absolute Gasteiger partial charge is 0.369 e. The number of nitro groups is 1. The maximum Gasteiger partial charge on any atom is 0.315 e. The number of carbonyl (C=O) groups is 2. The molecule has 33 heavy (non-hydrogen) atoms. The number of carbonyl (C=O) groups excluding carboxylic acids is 2. The molecule has 13 heteroatoms. The van der Waals surface area contributed by atoms with Gasteiger partial charge in [0, 0.05) is 36.7 Å². The zero-order chi connectivity index (χ0) is 23.7. The minimum absolute atomic E-state index is 0.0636.